The van der Waals surface area contributed by atoms with Gasteiger partial charge in [0.15, 0.2) is 0 Å². The van der Waals surface area contributed by atoms with Crippen LogP contribution in [0.3, 0.4) is 0 Å². The highest BCUT2D eigenvalue weighted by Gasteiger charge is 2.10. The van der Waals surface area contributed by atoms with Gasteiger partial charge in [-0.25, -0.2) is 0 Å². The molecule has 5 heteroatoms. The Bertz CT molecular complexity index is 358. The fraction of sp³-hybridized carbons (Fsp3) is 0.500. The van der Waals surface area contributed by atoms with Crippen molar-refractivity contribution in [3.63, 3.8) is 0 Å². The van der Waals surface area contributed by atoms with Crippen LogP contribution in [0.15, 0.2) is 12.1 Å². The number of rotatable bonds is 5. The predicted octanol–water partition coefficient (Wildman–Crippen LogP) is 4.31. The predicted molar refractivity (Wildman–Crippen MR) is 76.9 cm³/mol. The van der Waals surface area contributed by atoms with E-state index in [9.17, 15) is 0 Å². The summed E-state index contributed by atoms with van der Waals surface area (Å²) in [5.74, 6) is 0.696. The number of ether oxygens (including phenoxy) is 1. The van der Waals surface area contributed by atoms with Gasteiger partial charge in [-0.05, 0) is 25.5 Å². The van der Waals surface area contributed by atoms with Gasteiger partial charge in [0, 0.05) is 23.2 Å². The molecule has 1 aromatic carbocycles. The Balaban J connectivity index is 0.00000256. The number of methoxy groups -OCH3 is 1. The minimum absolute atomic E-state index is 0. The Labute approximate surface area is 119 Å². The maximum Gasteiger partial charge on any atom is 0.142 e. The van der Waals surface area contributed by atoms with Crippen LogP contribution in [0.5, 0.6) is 5.75 Å². The van der Waals surface area contributed by atoms with Crippen LogP contribution in [-0.4, -0.2) is 13.2 Å². The summed E-state index contributed by atoms with van der Waals surface area (Å²) in [6.07, 6.45) is 1.08. The number of hydrogen-bond donors (Lipinski definition) is 1. The Morgan fingerprint density at radius 1 is 1.35 bits per heavy atom. The summed E-state index contributed by atoms with van der Waals surface area (Å²) in [5.41, 5.74) is 0.986. The second-order valence-electron chi connectivity index (χ2n) is 3.77. The van der Waals surface area contributed by atoms with Crippen LogP contribution in [0, 0.1) is 0 Å². The Morgan fingerprint density at radius 3 is 2.53 bits per heavy atom. The molecule has 1 aromatic rings. The smallest absolute Gasteiger partial charge is 0.142 e. The van der Waals surface area contributed by atoms with E-state index in [-0.39, 0.29) is 12.4 Å². The SMILES string of the molecule is CCC(C)NCc1cc(Cl)cc(Cl)c1OC.Cl. The summed E-state index contributed by atoms with van der Waals surface area (Å²) in [5, 5.41) is 4.56. The van der Waals surface area contributed by atoms with Crippen molar-refractivity contribution in [1.82, 2.24) is 5.32 Å². The number of halogens is 3. The largest absolute Gasteiger partial charge is 0.495 e. The second kappa shape index (κ2) is 8.04. The van der Waals surface area contributed by atoms with E-state index in [1.54, 1.807) is 13.2 Å². The number of nitrogens with one attached hydrogen (secondary N) is 1. The summed E-state index contributed by atoms with van der Waals surface area (Å²) >= 11 is 12.0. The highest BCUT2D eigenvalue weighted by Crippen LogP contribution is 2.32. The normalized spacial score (nSPS) is 11.8. The van der Waals surface area contributed by atoms with Crippen molar-refractivity contribution in [1.29, 1.82) is 0 Å². The van der Waals surface area contributed by atoms with Crippen molar-refractivity contribution < 1.29 is 4.74 Å². The van der Waals surface area contributed by atoms with Gasteiger partial charge in [-0.3, -0.25) is 0 Å². The molecule has 0 aromatic heterocycles. The van der Waals surface area contributed by atoms with E-state index in [0.29, 0.717) is 28.4 Å². The maximum absolute atomic E-state index is 6.05. The highest BCUT2D eigenvalue weighted by atomic mass is 35.5. The molecule has 0 aliphatic carbocycles. The van der Waals surface area contributed by atoms with Gasteiger partial charge in [0.05, 0.1) is 12.1 Å². The van der Waals surface area contributed by atoms with E-state index in [4.69, 9.17) is 27.9 Å². The second-order valence-corrected chi connectivity index (χ2v) is 4.61. The Hall–Kier alpha value is -0.150. The molecule has 0 fully saturated rings. The van der Waals surface area contributed by atoms with Gasteiger partial charge in [0.25, 0.3) is 0 Å². The molecule has 1 N–H and O–H groups in total. The van der Waals surface area contributed by atoms with Crippen molar-refractivity contribution in [2.75, 3.05) is 7.11 Å². The lowest BCUT2D eigenvalue weighted by molar-refractivity contribution is 0.405. The molecule has 0 saturated carbocycles. The molecule has 0 aliphatic heterocycles. The van der Waals surface area contributed by atoms with Crippen LogP contribution in [0.2, 0.25) is 10.0 Å². The van der Waals surface area contributed by atoms with E-state index in [2.05, 4.69) is 19.2 Å². The quantitative estimate of drug-likeness (QED) is 0.874. The third-order valence-corrected chi connectivity index (χ3v) is 3.04. The van der Waals surface area contributed by atoms with Crippen LogP contribution in [0.4, 0.5) is 0 Å². The van der Waals surface area contributed by atoms with Gasteiger partial charge in [-0.1, -0.05) is 30.1 Å². The molecular weight excluding hydrogens is 280 g/mol. The third-order valence-electron chi connectivity index (χ3n) is 2.54. The van der Waals surface area contributed by atoms with Crippen molar-refractivity contribution in [3.8, 4) is 5.75 Å². The van der Waals surface area contributed by atoms with E-state index in [1.807, 2.05) is 6.07 Å². The number of benzene rings is 1. The molecule has 0 heterocycles. The van der Waals surface area contributed by atoms with Gasteiger partial charge in [0.1, 0.15) is 5.75 Å². The Morgan fingerprint density at radius 2 is 2.00 bits per heavy atom. The molecule has 0 bridgehead atoms. The van der Waals surface area contributed by atoms with E-state index >= 15 is 0 Å². The summed E-state index contributed by atoms with van der Waals surface area (Å²) in [4.78, 5) is 0. The number of hydrogen-bond acceptors (Lipinski definition) is 2. The Kier molecular flexibility index (Phi) is 7.97. The van der Waals surface area contributed by atoms with Gasteiger partial charge in [0.2, 0.25) is 0 Å². The van der Waals surface area contributed by atoms with Crippen molar-refractivity contribution >= 4 is 35.6 Å². The van der Waals surface area contributed by atoms with Crippen LogP contribution < -0.4 is 10.1 Å². The molecule has 0 radical (unpaired) electrons. The summed E-state index contributed by atoms with van der Waals surface area (Å²) in [6, 6.07) is 4.03. The van der Waals surface area contributed by atoms with Crippen LogP contribution in [0.1, 0.15) is 25.8 Å². The molecule has 0 saturated heterocycles. The van der Waals surface area contributed by atoms with Gasteiger partial charge in [-0.15, -0.1) is 12.4 Å². The standard InChI is InChI=1S/C12H17Cl2NO.ClH/c1-4-8(2)15-7-9-5-10(13)6-11(14)12(9)16-3;/h5-6,8,15H,4,7H2,1-3H3;1H. The molecule has 17 heavy (non-hydrogen) atoms. The van der Waals surface area contributed by atoms with Crippen LogP contribution in [-0.2, 0) is 6.54 Å². The zero-order chi connectivity index (χ0) is 12.1. The lowest BCUT2D eigenvalue weighted by Crippen LogP contribution is -2.24. The van der Waals surface area contributed by atoms with Gasteiger partial charge < -0.3 is 10.1 Å². The first-order valence-corrected chi connectivity index (χ1v) is 6.09. The molecule has 1 atom stereocenters. The van der Waals surface area contributed by atoms with Crippen molar-refractivity contribution in [3.05, 3.63) is 27.7 Å². The van der Waals surface area contributed by atoms with Crippen LogP contribution in [0.25, 0.3) is 0 Å². The van der Waals surface area contributed by atoms with Crippen molar-refractivity contribution in [2.24, 2.45) is 0 Å². The van der Waals surface area contributed by atoms with Crippen molar-refractivity contribution in [2.45, 2.75) is 32.9 Å². The van der Waals surface area contributed by atoms with Crippen LogP contribution >= 0.6 is 35.6 Å². The minimum atomic E-state index is 0. The third kappa shape index (κ3) is 4.92. The monoisotopic (exact) mass is 297 g/mol. The lowest BCUT2D eigenvalue weighted by atomic mass is 10.1. The first kappa shape index (κ1) is 16.9. The van der Waals surface area contributed by atoms with Gasteiger partial charge in [-0.2, -0.15) is 0 Å². The molecular formula is C12H18Cl3NO. The summed E-state index contributed by atoms with van der Waals surface area (Å²) in [6.45, 7) is 4.98. The molecule has 1 unspecified atom stereocenters. The fourth-order valence-electron chi connectivity index (χ4n) is 1.40. The molecule has 0 aliphatic rings. The zero-order valence-corrected chi connectivity index (χ0v) is 12.5. The first-order valence-electron chi connectivity index (χ1n) is 5.33. The van der Waals surface area contributed by atoms with E-state index < -0.39 is 0 Å². The molecule has 2 nitrogen and oxygen atoms in total. The summed E-state index contributed by atoms with van der Waals surface area (Å²) in [7, 11) is 1.61. The van der Waals surface area contributed by atoms with E-state index in [0.717, 1.165) is 12.0 Å². The highest BCUT2D eigenvalue weighted by molar-refractivity contribution is 6.35. The molecule has 98 valence electrons. The molecule has 0 amide bonds. The fourth-order valence-corrected chi connectivity index (χ4v) is 2.01. The maximum atomic E-state index is 6.05. The minimum Gasteiger partial charge on any atom is -0.495 e. The topological polar surface area (TPSA) is 21.3 Å². The average Bonchev–Trinajstić information content (AvgIpc) is 2.25. The van der Waals surface area contributed by atoms with Gasteiger partial charge >= 0.3 is 0 Å². The first-order chi connectivity index (χ1) is 7.58. The average molecular weight is 299 g/mol. The zero-order valence-electron chi connectivity index (χ0n) is 10.2. The molecule has 0 spiro atoms. The van der Waals surface area contributed by atoms with E-state index in [1.165, 1.54) is 0 Å². The summed E-state index contributed by atoms with van der Waals surface area (Å²) < 4.78 is 5.27. The molecule has 1 rings (SSSR count). The lowest BCUT2D eigenvalue weighted by Gasteiger charge is -2.15.